The summed E-state index contributed by atoms with van der Waals surface area (Å²) in [5.41, 5.74) is 2.91. The molecule has 3 aromatic rings. The Bertz CT molecular complexity index is 866. The zero-order valence-corrected chi connectivity index (χ0v) is 14.7. The minimum atomic E-state index is -0.152. The van der Waals surface area contributed by atoms with Gasteiger partial charge in [0.05, 0.1) is 17.9 Å². The molecule has 130 valence electrons. The number of hydrogen-bond donors (Lipinski definition) is 1. The molecule has 1 aromatic carbocycles. The lowest BCUT2D eigenvalue weighted by Crippen LogP contribution is -2.36. The van der Waals surface area contributed by atoms with Gasteiger partial charge in [-0.05, 0) is 43.7 Å². The molecule has 2 amide bonds. The maximum absolute atomic E-state index is 12.3. The Balaban J connectivity index is 1.64. The highest BCUT2D eigenvalue weighted by Crippen LogP contribution is 2.14. The molecule has 2 aromatic heterocycles. The van der Waals surface area contributed by atoms with Crippen molar-refractivity contribution in [2.75, 3.05) is 7.05 Å². The summed E-state index contributed by atoms with van der Waals surface area (Å²) in [6.07, 6.45) is 1.92. The average Bonchev–Trinajstić information content (AvgIpc) is 3.21. The quantitative estimate of drug-likeness (QED) is 0.775. The first-order valence-corrected chi connectivity index (χ1v) is 8.18. The van der Waals surface area contributed by atoms with Gasteiger partial charge in [-0.2, -0.15) is 5.10 Å². The number of furan rings is 1. The Morgan fingerprint density at radius 2 is 2.00 bits per heavy atom. The molecule has 3 rings (SSSR count). The number of urea groups is 1. The van der Waals surface area contributed by atoms with Crippen molar-refractivity contribution in [3.63, 3.8) is 0 Å². The predicted molar refractivity (Wildman–Crippen MR) is 95.4 cm³/mol. The lowest BCUT2D eigenvalue weighted by atomic mass is 10.2. The number of aromatic nitrogens is 2. The predicted octanol–water partition coefficient (Wildman–Crippen LogP) is 3.42. The maximum Gasteiger partial charge on any atom is 0.317 e. The third-order valence-corrected chi connectivity index (χ3v) is 3.93. The van der Waals surface area contributed by atoms with E-state index in [2.05, 4.69) is 10.4 Å². The van der Waals surface area contributed by atoms with Gasteiger partial charge in [-0.3, -0.25) is 0 Å². The molecule has 0 spiro atoms. The molecule has 1 N–H and O–H groups in total. The maximum atomic E-state index is 12.3. The van der Waals surface area contributed by atoms with E-state index in [1.807, 2.05) is 67.2 Å². The molecule has 0 aliphatic heterocycles. The zero-order chi connectivity index (χ0) is 17.8. The molecule has 0 atom stereocenters. The van der Waals surface area contributed by atoms with E-state index in [-0.39, 0.29) is 6.03 Å². The van der Waals surface area contributed by atoms with E-state index in [0.717, 1.165) is 28.5 Å². The number of nitrogens with zero attached hydrogens (tertiary/aromatic N) is 3. The summed E-state index contributed by atoms with van der Waals surface area (Å²) in [5.74, 6) is 1.61. The molecule has 0 aliphatic rings. The minimum Gasteiger partial charge on any atom is -0.464 e. The van der Waals surface area contributed by atoms with Gasteiger partial charge in [-0.25, -0.2) is 9.48 Å². The summed E-state index contributed by atoms with van der Waals surface area (Å²) in [4.78, 5) is 13.9. The fourth-order valence-corrected chi connectivity index (χ4v) is 2.61. The van der Waals surface area contributed by atoms with Gasteiger partial charge < -0.3 is 14.6 Å². The third kappa shape index (κ3) is 4.09. The minimum absolute atomic E-state index is 0.152. The van der Waals surface area contributed by atoms with Crippen LogP contribution in [0.5, 0.6) is 0 Å². The number of amides is 2. The van der Waals surface area contributed by atoms with E-state index in [1.165, 1.54) is 0 Å². The second-order valence-corrected chi connectivity index (χ2v) is 6.06. The molecule has 6 nitrogen and oxygen atoms in total. The fourth-order valence-electron chi connectivity index (χ4n) is 2.61. The molecule has 0 radical (unpaired) electrons. The van der Waals surface area contributed by atoms with Gasteiger partial charge in [0.15, 0.2) is 0 Å². The molecule has 2 heterocycles. The summed E-state index contributed by atoms with van der Waals surface area (Å²) < 4.78 is 7.34. The highest BCUT2D eigenvalue weighted by molar-refractivity contribution is 5.73. The van der Waals surface area contributed by atoms with Crippen LogP contribution in [0, 0.1) is 13.8 Å². The van der Waals surface area contributed by atoms with Crippen LogP contribution in [-0.2, 0) is 13.1 Å². The topological polar surface area (TPSA) is 63.3 Å². The summed E-state index contributed by atoms with van der Waals surface area (Å²) in [6.45, 7) is 4.69. The van der Waals surface area contributed by atoms with Crippen molar-refractivity contribution in [2.24, 2.45) is 0 Å². The molecule has 0 aliphatic carbocycles. The largest absolute Gasteiger partial charge is 0.464 e. The first-order chi connectivity index (χ1) is 12.0. The van der Waals surface area contributed by atoms with E-state index >= 15 is 0 Å². The van der Waals surface area contributed by atoms with Crippen molar-refractivity contribution in [1.82, 2.24) is 20.0 Å². The first-order valence-electron chi connectivity index (χ1n) is 8.18. The number of hydrogen-bond acceptors (Lipinski definition) is 3. The van der Waals surface area contributed by atoms with Crippen LogP contribution in [0.15, 0.2) is 53.1 Å². The van der Waals surface area contributed by atoms with Crippen molar-refractivity contribution < 1.29 is 9.21 Å². The van der Waals surface area contributed by atoms with Crippen LogP contribution in [0.25, 0.3) is 5.69 Å². The highest BCUT2D eigenvalue weighted by atomic mass is 16.3. The second-order valence-electron chi connectivity index (χ2n) is 6.06. The van der Waals surface area contributed by atoms with Crippen molar-refractivity contribution in [3.8, 4) is 5.69 Å². The zero-order valence-electron chi connectivity index (χ0n) is 14.7. The van der Waals surface area contributed by atoms with Crippen LogP contribution in [0.4, 0.5) is 4.79 Å². The van der Waals surface area contributed by atoms with E-state index in [1.54, 1.807) is 11.9 Å². The number of rotatable bonds is 5. The van der Waals surface area contributed by atoms with E-state index in [4.69, 9.17) is 4.42 Å². The summed E-state index contributed by atoms with van der Waals surface area (Å²) in [7, 11) is 1.75. The van der Waals surface area contributed by atoms with Gasteiger partial charge >= 0.3 is 6.03 Å². The van der Waals surface area contributed by atoms with Crippen LogP contribution < -0.4 is 5.32 Å². The Morgan fingerprint density at radius 3 is 2.68 bits per heavy atom. The average molecular weight is 338 g/mol. The Labute approximate surface area is 147 Å². The summed E-state index contributed by atoms with van der Waals surface area (Å²) in [5, 5.41) is 7.39. The van der Waals surface area contributed by atoms with Crippen LogP contribution in [0.1, 0.15) is 22.8 Å². The van der Waals surface area contributed by atoms with Gasteiger partial charge in [-0.1, -0.05) is 18.2 Å². The SMILES string of the molecule is Cc1ccn(-c2ccccc2CNC(=O)N(C)Cc2ccc(C)o2)n1. The normalized spacial score (nSPS) is 10.7. The number of carbonyl (C=O) groups is 1. The molecule has 0 unspecified atom stereocenters. The summed E-state index contributed by atoms with van der Waals surface area (Å²) >= 11 is 0. The number of para-hydroxylation sites is 1. The molecule has 0 fully saturated rings. The number of nitrogens with one attached hydrogen (secondary N) is 1. The lowest BCUT2D eigenvalue weighted by molar-refractivity contribution is 0.202. The summed E-state index contributed by atoms with van der Waals surface area (Å²) in [6, 6.07) is 13.5. The molecule has 6 heteroatoms. The van der Waals surface area contributed by atoms with Crippen LogP contribution >= 0.6 is 0 Å². The molecular formula is C19H22N4O2. The van der Waals surface area contributed by atoms with Gasteiger partial charge in [0.2, 0.25) is 0 Å². The number of benzene rings is 1. The molecular weight excluding hydrogens is 316 g/mol. The van der Waals surface area contributed by atoms with Crippen molar-refractivity contribution in [3.05, 3.63) is 71.4 Å². The first kappa shape index (κ1) is 16.8. The van der Waals surface area contributed by atoms with Gasteiger partial charge in [0.1, 0.15) is 11.5 Å². The van der Waals surface area contributed by atoms with Crippen LogP contribution in [0.3, 0.4) is 0 Å². The monoisotopic (exact) mass is 338 g/mol. The molecule has 0 saturated heterocycles. The standard InChI is InChI=1S/C19H22N4O2/c1-14-10-11-23(21-14)18-7-5-4-6-16(18)12-20-19(24)22(3)13-17-9-8-15(2)25-17/h4-11H,12-13H2,1-3H3,(H,20,24). The third-order valence-electron chi connectivity index (χ3n) is 3.93. The van der Waals surface area contributed by atoms with E-state index in [9.17, 15) is 4.79 Å². The van der Waals surface area contributed by atoms with E-state index in [0.29, 0.717) is 13.1 Å². The van der Waals surface area contributed by atoms with E-state index < -0.39 is 0 Å². The Kier molecular flexibility index (Phi) is 4.88. The second kappa shape index (κ2) is 7.25. The van der Waals surface area contributed by atoms with Gasteiger partial charge in [-0.15, -0.1) is 0 Å². The fraction of sp³-hybridized carbons (Fsp3) is 0.263. The van der Waals surface area contributed by atoms with Crippen molar-refractivity contribution >= 4 is 6.03 Å². The molecule has 0 bridgehead atoms. The number of carbonyl (C=O) groups excluding carboxylic acids is 1. The lowest BCUT2D eigenvalue weighted by Gasteiger charge is -2.17. The highest BCUT2D eigenvalue weighted by Gasteiger charge is 2.12. The van der Waals surface area contributed by atoms with Crippen LogP contribution in [0.2, 0.25) is 0 Å². The van der Waals surface area contributed by atoms with Crippen molar-refractivity contribution in [2.45, 2.75) is 26.9 Å². The van der Waals surface area contributed by atoms with Crippen LogP contribution in [-0.4, -0.2) is 27.8 Å². The number of aryl methyl sites for hydroxylation is 2. The Morgan fingerprint density at radius 1 is 1.20 bits per heavy atom. The Hall–Kier alpha value is -3.02. The smallest absolute Gasteiger partial charge is 0.317 e. The molecule has 25 heavy (non-hydrogen) atoms. The van der Waals surface area contributed by atoms with Crippen molar-refractivity contribution in [1.29, 1.82) is 0 Å². The van der Waals surface area contributed by atoms with Gasteiger partial charge in [0, 0.05) is 19.8 Å². The van der Waals surface area contributed by atoms with Gasteiger partial charge in [0.25, 0.3) is 0 Å². The molecule has 0 saturated carbocycles.